The van der Waals surface area contributed by atoms with E-state index in [9.17, 15) is 9.90 Å². The van der Waals surface area contributed by atoms with Crippen LogP contribution in [0, 0.1) is 12.8 Å². The van der Waals surface area contributed by atoms with Gasteiger partial charge in [-0.15, -0.1) is 0 Å². The number of aromatic hydroxyl groups is 1. The van der Waals surface area contributed by atoms with Crippen molar-refractivity contribution >= 4 is 21.8 Å². The first-order chi connectivity index (χ1) is 8.58. The van der Waals surface area contributed by atoms with Gasteiger partial charge < -0.3 is 10.4 Å². The molecule has 1 aliphatic carbocycles. The van der Waals surface area contributed by atoms with Gasteiger partial charge in [-0.1, -0.05) is 28.4 Å². The molecule has 0 aliphatic heterocycles. The molecule has 1 aliphatic rings. The van der Waals surface area contributed by atoms with Crippen molar-refractivity contribution < 1.29 is 9.90 Å². The summed E-state index contributed by atoms with van der Waals surface area (Å²) in [5.74, 6) is 0.356. The molecule has 2 rings (SSSR count). The minimum atomic E-state index is -0.195. The second-order valence-electron chi connectivity index (χ2n) is 4.94. The molecular weight excluding hydrogens is 294 g/mol. The topological polar surface area (TPSA) is 49.3 Å². The fraction of sp³-hybridized carbons (Fsp3) is 0.500. The number of aryl methyl sites for hydroxylation is 1. The summed E-state index contributed by atoms with van der Waals surface area (Å²) in [7, 11) is 0. The van der Waals surface area contributed by atoms with E-state index < -0.39 is 0 Å². The van der Waals surface area contributed by atoms with Crippen molar-refractivity contribution in [1.29, 1.82) is 0 Å². The standard InChI is InChI=1S/C14H18BrNO2/c1-9-5-6-11(13(17)7-9)14(18)16-8-10-3-2-4-12(10)15/h5-7,10,12,17H,2-4,8H2,1H3,(H,16,18). The van der Waals surface area contributed by atoms with Gasteiger partial charge in [-0.2, -0.15) is 0 Å². The Kier molecular flexibility index (Phi) is 4.27. The molecule has 0 aromatic heterocycles. The molecule has 1 saturated carbocycles. The summed E-state index contributed by atoms with van der Waals surface area (Å²) < 4.78 is 0. The van der Waals surface area contributed by atoms with Crippen molar-refractivity contribution in [2.24, 2.45) is 5.92 Å². The quantitative estimate of drug-likeness (QED) is 0.843. The smallest absolute Gasteiger partial charge is 0.255 e. The average Bonchev–Trinajstić information content (AvgIpc) is 2.72. The predicted octanol–water partition coefficient (Wildman–Crippen LogP) is 2.99. The number of hydrogen-bond donors (Lipinski definition) is 2. The molecule has 4 heteroatoms. The maximum Gasteiger partial charge on any atom is 0.255 e. The molecule has 2 unspecified atom stereocenters. The number of rotatable bonds is 3. The molecule has 0 heterocycles. The minimum Gasteiger partial charge on any atom is -0.507 e. The summed E-state index contributed by atoms with van der Waals surface area (Å²) in [4.78, 5) is 12.5. The second-order valence-corrected chi connectivity index (χ2v) is 6.11. The van der Waals surface area contributed by atoms with E-state index in [4.69, 9.17) is 0 Å². The maximum atomic E-state index is 12.0. The van der Waals surface area contributed by atoms with Crippen LogP contribution < -0.4 is 5.32 Å². The van der Waals surface area contributed by atoms with Gasteiger partial charge in [0, 0.05) is 11.4 Å². The Morgan fingerprint density at radius 3 is 2.89 bits per heavy atom. The summed E-state index contributed by atoms with van der Waals surface area (Å²) in [5, 5.41) is 12.6. The largest absolute Gasteiger partial charge is 0.507 e. The fourth-order valence-corrected chi connectivity index (χ4v) is 3.15. The monoisotopic (exact) mass is 311 g/mol. The Hall–Kier alpha value is -1.03. The van der Waals surface area contributed by atoms with Crippen LogP contribution >= 0.6 is 15.9 Å². The number of benzene rings is 1. The van der Waals surface area contributed by atoms with Gasteiger partial charge in [-0.25, -0.2) is 0 Å². The lowest BCUT2D eigenvalue weighted by Crippen LogP contribution is -2.31. The molecule has 2 N–H and O–H groups in total. The fourth-order valence-electron chi connectivity index (χ4n) is 2.37. The van der Waals surface area contributed by atoms with Crippen LogP contribution in [0.5, 0.6) is 5.75 Å². The molecule has 98 valence electrons. The third-order valence-corrected chi connectivity index (χ3v) is 4.69. The summed E-state index contributed by atoms with van der Waals surface area (Å²) in [6, 6.07) is 5.11. The number of nitrogens with one attached hydrogen (secondary N) is 1. The van der Waals surface area contributed by atoms with Crippen molar-refractivity contribution in [1.82, 2.24) is 5.32 Å². The van der Waals surface area contributed by atoms with E-state index in [1.807, 2.05) is 13.0 Å². The normalized spacial score (nSPS) is 23.0. The van der Waals surface area contributed by atoms with Gasteiger partial charge in [0.1, 0.15) is 5.75 Å². The van der Waals surface area contributed by atoms with Crippen LogP contribution in [-0.2, 0) is 0 Å². The van der Waals surface area contributed by atoms with Crippen molar-refractivity contribution in [2.45, 2.75) is 31.0 Å². The highest BCUT2D eigenvalue weighted by Crippen LogP contribution is 2.31. The molecule has 1 aromatic rings. The highest BCUT2D eigenvalue weighted by Gasteiger charge is 2.25. The van der Waals surface area contributed by atoms with Gasteiger partial charge >= 0.3 is 0 Å². The van der Waals surface area contributed by atoms with E-state index in [2.05, 4.69) is 21.2 Å². The van der Waals surface area contributed by atoms with Crippen LogP contribution in [0.2, 0.25) is 0 Å². The van der Waals surface area contributed by atoms with Crippen LogP contribution in [0.1, 0.15) is 35.2 Å². The molecule has 18 heavy (non-hydrogen) atoms. The molecular formula is C14H18BrNO2. The van der Waals surface area contributed by atoms with Gasteiger partial charge in [0.25, 0.3) is 5.91 Å². The zero-order chi connectivity index (χ0) is 13.1. The van der Waals surface area contributed by atoms with Crippen LogP contribution in [0.25, 0.3) is 0 Å². The lowest BCUT2D eigenvalue weighted by atomic mass is 10.1. The van der Waals surface area contributed by atoms with E-state index in [1.54, 1.807) is 12.1 Å². The number of hydrogen-bond acceptors (Lipinski definition) is 2. The predicted molar refractivity (Wildman–Crippen MR) is 75.2 cm³/mol. The summed E-state index contributed by atoms with van der Waals surface area (Å²) in [5.41, 5.74) is 1.30. The molecule has 0 radical (unpaired) electrons. The van der Waals surface area contributed by atoms with Gasteiger partial charge in [-0.05, 0) is 43.4 Å². The molecule has 3 nitrogen and oxygen atoms in total. The van der Waals surface area contributed by atoms with E-state index in [-0.39, 0.29) is 11.7 Å². The summed E-state index contributed by atoms with van der Waals surface area (Å²) in [6.07, 6.45) is 3.54. The van der Waals surface area contributed by atoms with Crippen molar-refractivity contribution in [2.75, 3.05) is 6.54 Å². The molecule has 0 spiro atoms. The van der Waals surface area contributed by atoms with Crippen molar-refractivity contribution in [3.8, 4) is 5.75 Å². The van der Waals surface area contributed by atoms with Crippen LogP contribution in [0.3, 0.4) is 0 Å². The summed E-state index contributed by atoms with van der Waals surface area (Å²) in [6.45, 7) is 2.55. The Labute approximate surface area is 116 Å². The Bertz CT molecular complexity index is 447. The molecule has 1 aromatic carbocycles. The zero-order valence-corrected chi connectivity index (χ0v) is 12.0. The van der Waals surface area contributed by atoms with E-state index in [0.29, 0.717) is 22.9 Å². The van der Waals surface area contributed by atoms with Crippen molar-refractivity contribution in [3.05, 3.63) is 29.3 Å². The van der Waals surface area contributed by atoms with E-state index >= 15 is 0 Å². The molecule has 0 bridgehead atoms. The van der Waals surface area contributed by atoms with E-state index in [1.165, 1.54) is 12.8 Å². The first kappa shape index (κ1) is 13.4. The van der Waals surface area contributed by atoms with Gasteiger partial charge in [-0.3, -0.25) is 4.79 Å². The van der Waals surface area contributed by atoms with Crippen LogP contribution in [0.15, 0.2) is 18.2 Å². The summed E-state index contributed by atoms with van der Waals surface area (Å²) >= 11 is 3.63. The highest BCUT2D eigenvalue weighted by molar-refractivity contribution is 9.09. The number of amides is 1. The Morgan fingerprint density at radius 1 is 1.50 bits per heavy atom. The van der Waals surface area contributed by atoms with Crippen LogP contribution in [-0.4, -0.2) is 22.4 Å². The van der Waals surface area contributed by atoms with Crippen LogP contribution in [0.4, 0.5) is 0 Å². The number of carbonyl (C=O) groups is 1. The zero-order valence-electron chi connectivity index (χ0n) is 10.4. The lowest BCUT2D eigenvalue weighted by molar-refractivity contribution is 0.0945. The van der Waals surface area contributed by atoms with Gasteiger partial charge in [0.15, 0.2) is 0 Å². The molecule has 1 amide bonds. The number of halogens is 1. The minimum absolute atomic E-state index is 0.0503. The van der Waals surface area contributed by atoms with Crippen molar-refractivity contribution in [3.63, 3.8) is 0 Å². The maximum absolute atomic E-state index is 12.0. The number of alkyl halides is 1. The van der Waals surface area contributed by atoms with E-state index in [0.717, 1.165) is 12.0 Å². The molecule has 0 saturated heterocycles. The first-order valence-corrected chi connectivity index (χ1v) is 7.21. The number of carbonyl (C=O) groups excluding carboxylic acids is 1. The average molecular weight is 312 g/mol. The highest BCUT2D eigenvalue weighted by atomic mass is 79.9. The third kappa shape index (κ3) is 3.05. The lowest BCUT2D eigenvalue weighted by Gasteiger charge is -2.15. The number of phenols is 1. The molecule has 2 atom stereocenters. The third-order valence-electron chi connectivity index (χ3n) is 3.49. The van der Waals surface area contributed by atoms with Gasteiger partial charge in [0.05, 0.1) is 5.56 Å². The number of phenolic OH excluding ortho intramolecular Hbond substituents is 1. The van der Waals surface area contributed by atoms with Gasteiger partial charge in [0.2, 0.25) is 0 Å². The second kappa shape index (κ2) is 5.74. The Balaban J connectivity index is 1.95. The first-order valence-electron chi connectivity index (χ1n) is 6.30. The molecule has 1 fully saturated rings. The Morgan fingerprint density at radius 2 is 2.28 bits per heavy atom. The SMILES string of the molecule is Cc1ccc(C(=O)NCC2CCCC2Br)c(O)c1.